The summed E-state index contributed by atoms with van der Waals surface area (Å²) < 4.78 is 43.2. The van der Waals surface area contributed by atoms with Gasteiger partial charge < -0.3 is 15.0 Å². The van der Waals surface area contributed by atoms with E-state index in [0.29, 0.717) is 0 Å². The second-order valence-corrected chi connectivity index (χ2v) is 6.10. The zero-order valence-electron chi connectivity index (χ0n) is 14.2. The molecule has 0 radical (unpaired) electrons. The van der Waals surface area contributed by atoms with Crippen molar-refractivity contribution in [2.75, 3.05) is 20.2 Å². The molecule has 0 spiro atoms. The first-order valence-electron chi connectivity index (χ1n) is 7.83. The minimum Gasteiger partial charge on any atom is -0.469 e. The van der Waals surface area contributed by atoms with Crippen LogP contribution in [-0.2, 0) is 25.3 Å². The number of carbonyl (C=O) groups excluding carboxylic acids is 3. The van der Waals surface area contributed by atoms with Gasteiger partial charge in [0.05, 0.1) is 24.1 Å². The van der Waals surface area contributed by atoms with Crippen LogP contribution in [-0.4, -0.2) is 48.9 Å². The minimum atomic E-state index is -4.62. The van der Waals surface area contributed by atoms with E-state index in [1.807, 2.05) is 0 Å². The molecular formula is C17H16ClF3N2O4. The van der Waals surface area contributed by atoms with Crippen molar-refractivity contribution in [3.8, 4) is 0 Å². The highest BCUT2D eigenvalue weighted by atomic mass is 35.5. The van der Waals surface area contributed by atoms with E-state index >= 15 is 0 Å². The normalized spacial score (nSPS) is 17.7. The fraction of sp³-hybridized carbons (Fsp3) is 0.353. The van der Waals surface area contributed by atoms with Crippen LogP contribution >= 0.6 is 11.6 Å². The average Bonchev–Trinajstić information content (AvgIpc) is 2.61. The maximum atomic E-state index is 12.9. The van der Waals surface area contributed by atoms with Gasteiger partial charge >= 0.3 is 12.1 Å². The predicted molar refractivity (Wildman–Crippen MR) is 90.6 cm³/mol. The third-order valence-corrected chi connectivity index (χ3v) is 4.25. The van der Waals surface area contributed by atoms with E-state index in [2.05, 4.69) is 10.1 Å². The fourth-order valence-corrected chi connectivity index (χ4v) is 2.77. The molecule has 10 heteroatoms. The van der Waals surface area contributed by atoms with Crippen molar-refractivity contribution in [3.63, 3.8) is 0 Å². The molecule has 0 aliphatic carbocycles. The molecule has 1 aliphatic rings. The summed E-state index contributed by atoms with van der Waals surface area (Å²) >= 11 is 5.56. The highest BCUT2D eigenvalue weighted by Crippen LogP contribution is 2.35. The molecule has 1 atom stereocenters. The van der Waals surface area contributed by atoms with Crippen LogP contribution in [0.3, 0.4) is 0 Å². The van der Waals surface area contributed by atoms with E-state index in [9.17, 15) is 27.6 Å². The predicted octanol–water partition coefficient (Wildman–Crippen LogP) is 2.26. The van der Waals surface area contributed by atoms with Gasteiger partial charge in [0, 0.05) is 19.2 Å². The Bertz CT molecular complexity index is 780. The molecule has 1 aliphatic heterocycles. The van der Waals surface area contributed by atoms with E-state index in [1.165, 1.54) is 17.0 Å². The number of amides is 2. The topological polar surface area (TPSA) is 75.7 Å². The maximum absolute atomic E-state index is 12.9. The Morgan fingerprint density at radius 3 is 2.74 bits per heavy atom. The standard InChI is InChI=1S/C17H16ClF3N2O4/c1-27-15(25)9-13-16(26)22-6-7-23(13)14(24)5-3-10-2-4-12(18)11(8-10)17(19,20)21/h2-5,8,13H,6-7,9H2,1H3,(H,22,26). The number of hydrogen-bond acceptors (Lipinski definition) is 4. The van der Waals surface area contributed by atoms with Crippen molar-refractivity contribution < 1.29 is 32.3 Å². The summed E-state index contributed by atoms with van der Waals surface area (Å²) in [5.41, 5.74) is -0.897. The molecule has 1 saturated heterocycles. The first kappa shape index (κ1) is 20.8. The Morgan fingerprint density at radius 2 is 2.11 bits per heavy atom. The minimum absolute atomic E-state index is 0.117. The molecule has 1 aromatic rings. The van der Waals surface area contributed by atoms with E-state index in [4.69, 9.17) is 11.6 Å². The third-order valence-electron chi connectivity index (χ3n) is 3.92. The van der Waals surface area contributed by atoms with Crippen molar-refractivity contribution in [2.24, 2.45) is 0 Å². The van der Waals surface area contributed by atoms with Gasteiger partial charge in [-0.3, -0.25) is 14.4 Å². The number of ether oxygens (including phenoxy) is 1. The highest BCUT2D eigenvalue weighted by Gasteiger charge is 2.35. The van der Waals surface area contributed by atoms with Crippen molar-refractivity contribution in [2.45, 2.75) is 18.6 Å². The molecule has 1 fully saturated rings. The largest absolute Gasteiger partial charge is 0.469 e. The van der Waals surface area contributed by atoms with Gasteiger partial charge in [-0.05, 0) is 23.8 Å². The van der Waals surface area contributed by atoms with Gasteiger partial charge in [0.1, 0.15) is 6.04 Å². The second kappa shape index (κ2) is 8.43. The summed E-state index contributed by atoms with van der Waals surface area (Å²) in [5.74, 6) is -1.77. The van der Waals surface area contributed by atoms with Crippen LogP contribution < -0.4 is 5.32 Å². The third kappa shape index (κ3) is 5.22. The summed E-state index contributed by atoms with van der Waals surface area (Å²) in [5, 5.41) is 2.10. The Hall–Kier alpha value is -2.55. The van der Waals surface area contributed by atoms with Gasteiger partial charge in [-0.1, -0.05) is 17.7 Å². The molecule has 0 saturated carbocycles. The van der Waals surface area contributed by atoms with Gasteiger partial charge in [-0.15, -0.1) is 0 Å². The molecule has 2 amide bonds. The van der Waals surface area contributed by atoms with Crippen molar-refractivity contribution in [1.82, 2.24) is 10.2 Å². The molecule has 2 rings (SSSR count). The van der Waals surface area contributed by atoms with Crippen LogP contribution in [0.25, 0.3) is 6.08 Å². The number of nitrogens with zero attached hydrogens (tertiary/aromatic N) is 1. The van der Waals surface area contributed by atoms with E-state index in [0.717, 1.165) is 25.3 Å². The van der Waals surface area contributed by atoms with Gasteiger partial charge in [0.2, 0.25) is 11.8 Å². The molecular weight excluding hydrogens is 389 g/mol. The summed E-state index contributed by atoms with van der Waals surface area (Å²) in [6, 6.07) is 2.19. The molecule has 0 aromatic heterocycles. The van der Waals surface area contributed by atoms with Crippen molar-refractivity contribution in [3.05, 3.63) is 40.4 Å². The first-order chi connectivity index (χ1) is 12.6. The van der Waals surface area contributed by atoms with Crippen LogP contribution in [0.2, 0.25) is 5.02 Å². The zero-order valence-corrected chi connectivity index (χ0v) is 14.9. The molecule has 27 heavy (non-hydrogen) atoms. The monoisotopic (exact) mass is 404 g/mol. The molecule has 0 bridgehead atoms. The molecule has 1 N–H and O–H groups in total. The van der Waals surface area contributed by atoms with Crippen LogP contribution in [0.15, 0.2) is 24.3 Å². The van der Waals surface area contributed by atoms with Crippen molar-refractivity contribution in [1.29, 1.82) is 0 Å². The Morgan fingerprint density at radius 1 is 1.41 bits per heavy atom. The SMILES string of the molecule is COC(=O)CC1C(=O)NCCN1C(=O)C=Cc1ccc(Cl)c(C(F)(F)F)c1. The first-order valence-corrected chi connectivity index (χ1v) is 8.21. The van der Waals surface area contributed by atoms with Gasteiger partial charge in [-0.25, -0.2) is 0 Å². The number of rotatable bonds is 4. The highest BCUT2D eigenvalue weighted by molar-refractivity contribution is 6.31. The lowest BCUT2D eigenvalue weighted by Crippen LogP contribution is -2.57. The molecule has 146 valence electrons. The van der Waals surface area contributed by atoms with Crippen LogP contribution in [0.5, 0.6) is 0 Å². The fourth-order valence-electron chi connectivity index (χ4n) is 2.55. The lowest BCUT2D eigenvalue weighted by atomic mass is 10.1. The second-order valence-electron chi connectivity index (χ2n) is 5.69. The Balaban J connectivity index is 2.19. The molecule has 1 heterocycles. The number of esters is 1. The zero-order chi connectivity index (χ0) is 20.2. The maximum Gasteiger partial charge on any atom is 0.417 e. The summed E-state index contributed by atoms with van der Waals surface area (Å²) in [6.07, 6.45) is -2.70. The van der Waals surface area contributed by atoms with Crippen molar-refractivity contribution >= 4 is 35.5 Å². The summed E-state index contributed by atoms with van der Waals surface area (Å²) in [6.45, 7) is 0.361. The number of halogens is 4. The quantitative estimate of drug-likeness (QED) is 0.617. The average molecular weight is 405 g/mol. The number of alkyl halides is 3. The molecule has 6 nitrogen and oxygen atoms in total. The number of benzene rings is 1. The Labute approximate surface area is 157 Å². The molecule has 1 unspecified atom stereocenters. The summed E-state index contributed by atoms with van der Waals surface area (Å²) in [4.78, 5) is 37.0. The molecule has 1 aromatic carbocycles. The van der Waals surface area contributed by atoms with Crippen LogP contribution in [0.4, 0.5) is 13.2 Å². The number of piperazine rings is 1. The lowest BCUT2D eigenvalue weighted by molar-refractivity contribution is -0.148. The Kier molecular flexibility index (Phi) is 6.48. The lowest BCUT2D eigenvalue weighted by Gasteiger charge is -2.33. The number of nitrogens with one attached hydrogen (secondary N) is 1. The van der Waals surface area contributed by atoms with Gasteiger partial charge in [0.15, 0.2) is 0 Å². The van der Waals surface area contributed by atoms with Gasteiger partial charge in [0.25, 0.3) is 0 Å². The number of methoxy groups -OCH3 is 1. The van der Waals surface area contributed by atoms with Gasteiger partial charge in [-0.2, -0.15) is 13.2 Å². The smallest absolute Gasteiger partial charge is 0.417 e. The summed E-state index contributed by atoms with van der Waals surface area (Å²) in [7, 11) is 1.16. The van der Waals surface area contributed by atoms with Crippen LogP contribution in [0, 0.1) is 0 Å². The van der Waals surface area contributed by atoms with E-state index in [1.54, 1.807) is 0 Å². The number of hydrogen-bond donors (Lipinski definition) is 1. The van der Waals surface area contributed by atoms with Crippen LogP contribution in [0.1, 0.15) is 17.5 Å². The van der Waals surface area contributed by atoms with E-state index < -0.39 is 40.6 Å². The number of carbonyl (C=O) groups is 3. The van der Waals surface area contributed by atoms with E-state index in [-0.39, 0.29) is 25.1 Å².